The predicted octanol–water partition coefficient (Wildman–Crippen LogP) is 8.96. The van der Waals surface area contributed by atoms with Crippen molar-refractivity contribution >= 4 is 83.3 Å². The van der Waals surface area contributed by atoms with E-state index in [0.717, 1.165) is 71.0 Å². The molecule has 0 radical (unpaired) electrons. The second-order valence-corrected chi connectivity index (χ2v) is 30.3. The number of ether oxygens (including phenoxy) is 9. The van der Waals surface area contributed by atoms with Crippen molar-refractivity contribution in [3.63, 3.8) is 0 Å². The van der Waals surface area contributed by atoms with Gasteiger partial charge in [0.05, 0.1) is 144 Å². The molecule has 4 aliphatic rings. The Morgan fingerprint density at radius 1 is 0.545 bits per heavy atom. The van der Waals surface area contributed by atoms with Crippen LogP contribution in [0.15, 0.2) is 72.9 Å². The third-order valence-corrected chi connectivity index (χ3v) is 16.9. The second kappa shape index (κ2) is 82.8. The number of rotatable bonds is 35. The lowest BCUT2D eigenvalue weighted by Gasteiger charge is -2.24. The van der Waals surface area contributed by atoms with Crippen molar-refractivity contribution in [3.8, 4) is 0 Å². The largest absolute Gasteiger partial charge is 0.478 e. The van der Waals surface area contributed by atoms with Crippen LogP contribution < -0.4 is 5.32 Å². The Bertz CT molecular complexity index is 2690. The average Bonchev–Trinajstić information content (AvgIpc) is 1.74. The van der Waals surface area contributed by atoms with E-state index in [2.05, 4.69) is 68.2 Å². The van der Waals surface area contributed by atoms with E-state index >= 15 is 0 Å². The Balaban J connectivity index is -0.000000154. The molecule has 0 aromatic heterocycles. The minimum Gasteiger partial charge on any atom is -0.478 e. The van der Waals surface area contributed by atoms with Crippen molar-refractivity contribution in [1.82, 2.24) is 10.2 Å². The summed E-state index contributed by atoms with van der Waals surface area (Å²) in [5, 5.41) is 26.1. The maximum atomic E-state index is 11.4. The number of quaternary nitrogens is 2. The average molecular weight is 1730 g/mol. The van der Waals surface area contributed by atoms with Crippen LogP contribution in [0.3, 0.4) is 0 Å². The van der Waals surface area contributed by atoms with Crippen LogP contribution in [0.1, 0.15) is 101 Å². The lowest BCUT2D eigenvalue weighted by Crippen LogP contribution is -2.37. The number of nitrogens with zero attached hydrogens (tertiary/aromatic N) is 3. The molecule has 4 aliphatic heterocycles. The third kappa shape index (κ3) is 101. The SMILES string of the molecule is C.C.C/C=C/C(C)=O.CCN(CC)CC.CNC.CO.COC(=O)/C=C/CO.COC(=O)/C=C/COC1CCCCO1.COC(=O)/C=C/COP(=O)(O)OCC[N+](C)(C)C.COC(=O)/C=C/COP1(=O)OCCO1.COC(=O)CCCOP(=O)(O)OCC[N+](C)(C)C.O=C(O)/C=C/COC1CCCCO1.O=P1(Cl)OCCO1. The number of ketones is 1. The second-order valence-electron chi connectivity index (χ2n) is 23.1. The number of carboxylic acid groups (broad SMARTS) is 1. The Morgan fingerprint density at radius 2 is 0.902 bits per heavy atom. The molecular formula is C69H139ClN4O34P4+2. The lowest BCUT2D eigenvalue weighted by molar-refractivity contribution is -0.870. The fourth-order valence-electron chi connectivity index (χ4n) is 6.36. The lowest BCUT2D eigenvalue weighted by atomic mass is 10.2. The van der Waals surface area contributed by atoms with E-state index in [9.17, 15) is 61.6 Å². The number of methoxy groups -OCH3 is 5. The van der Waals surface area contributed by atoms with Gasteiger partial charge in [0.15, 0.2) is 18.4 Å². The van der Waals surface area contributed by atoms with E-state index in [0.29, 0.717) is 54.9 Å². The molecule has 0 aromatic rings. The smallest absolute Gasteiger partial charge is 0.475 e. The summed E-state index contributed by atoms with van der Waals surface area (Å²) in [5.74, 6) is -3.09. The molecule has 0 bridgehead atoms. The van der Waals surface area contributed by atoms with Gasteiger partial charge in [-0.2, -0.15) is 0 Å². The molecule has 664 valence electrons. The normalized spacial score (nSPS) is 16.8. The van der Waals surface area contributed by atoms with Crippen LogP contribution in [-0.2, 0) is 135 Å². The Labute approximate surface area is 670 Å². The van der Waals surface area contributed by atoms with Crippen LogP contribution in [0.4, 0.5) is 0 Å². The number of hydrogen-bond acceptors (Lipinski definition) is 33. The van der Waals surface area contributed by atoms with Crippen LogP contribution in [0, 0.1) is 0 Å². The van der Waals surface area contributed by atoms with Gasteiger partial charge in [-0.05, 0) is 98.6 Å². The Morgan fingerprint density at radius 3 is 1.20 bits per heavy atom. The number of carbonyl (C=O) groups is 7. The van der Waals surface area contributed by atoms with Gasteiger partial charge in [-0.25, -0.2) is 42.2 Å². The maximum Gasteiger partial charge on any atom is 0.475 e. The molecule has 0 aromatic carbocycles. The molecule has 112 heavy (non-hydrogen) atoms. The van der Waals surface area contributed by atoms with E-state index in [1.165, 1.54) is 111 Å². The van der Waals surface area contributed by atoms with Gasteiger partial charge in [0.2, 0.25) is 0 Å². The van der Waals surface area contributed by atoms with Crippen LogP contribution >= 0.6 is 41.7 Å². The number of aliphatic carboxylic acids is 1. The molecule has 4 rings (SSSR count). The first-order chi connectivity index (χ1) is 51.6. The summed E-state index contributed by atoms with van der Waals surface area (Å²) in [5.41, 5.74) is 0. The summed E-state index contributed by atoms with van der Waals surface area (Å²) in [6.07, 6.45) is 22.7. The molecule has 4 fully saturated rings. The predicted molar refractivity (Wildman–Crippen MR) is 424 cm³/mol. The highest BCUT2D eigenvalue weighted by Crippen LogP contribution is 2.56. The van der Waals surface area contributed by atoms with Crippen molar-refractivity contribution in [1.29, 1.82) is 0 Å². The molecule has 6 N–H and O–H groups in total. The number of hydrogen-bond donors (Lipinski definition) is 6. The molecule has 43 heteroatoms. The van der Waals surface area contributed by atoms with E-state index < -0.39 is 54.3 Å². The first kappa shape index (κ1) is 125. The number of carboxylic acids is 1. The molecule has 0 aliphatic carbocycles. The maximum absolute atomic E-state index is 11.4. The van der Waals surface area contributed by atoms with Crippen LogP contribution in [0.2, 0.25) is 0 Å². The molecule has 4 heterocycles. The summed E-state index contributed by atoms with van der Waals surface area (Å²) in [7, 11) is 11.4. The number of phosphoric ester groups is 3. The van der Waals surface area contributed by atoms with E-state index in [-0.39, 0.29) is 104 Å². The molecule has 4 saturated heterocycles. The Kier molecular flexibility index (Phi) is 92.8. The van der Waals surface area contributed by atoms with Gasteiger partial charge < -0.3 is 86.9 Å². The summed E-state index contributed by atoms with van der Waals surface area (Å²) in [4.78, 5) is 93.9. The van der Waals surface area contributed by atoms with Gasteiger partial charge in [0.1, 0.15) is 26.3 Å². The van der Waals surface area contributed by atoms with Crippen molar-refractivity contribution in [2.75, 3.05) is 224 Å². The number of aliphatic hydroxyl groups is 2. The Hall–Kier alpha value is -4.70. The minimum absolute atomic E-state index is 0. The number of likely N-dealkylation sites (N-methyl/N-ethyl adjacent to an activating group) is 2. The van der Waals surface area contributed by atoms with E-state index in [1.54, 1.807) is 12.2 Å². The quantitative estimate of drug-likeness (QED) is 0.00860. The topological polar surface area (TPSA) is 470 Å². The van der Waals surface area contributed by atoms with Gasteiger partial charge in [-0.3, -0.25) is 50.3 Å². The fourth-order valence-corrected chi connectivity index (χ4v) is 9.93. The number of esters is 5. The van der Waals surface area contributed by atoms with Crippen LogP contribution in [-0.4, -0.2) is 317 Å². The van der Waals surface area contributed by atoms with Crippen molar-refractivity contribution in [2.24, 2.45) is 0 Å². The highest BCUT2D eigenvalue weighted by Gasteiger charge is 2.31. The minimum atomic E-state index is -4.06. The van der Waals surface area contributed by atoms with Gasteiger partial charge in [0.25, 0.3) is 0 Å². The van der Waals surface area contributed by atoms with Crippen LogP contribution in [0.5, 0.6) is 0 Å². The monoisotopic (exact) mass is 1730 g/mol. The van der Waals surface area contributed by atoms with Crippen molar-refractivity contribution in [2.45, 2.75) is 113 Å². The zero-order valence-corrected chi connectivity index (χ0v) is 72.1. The van der Waals surface area contributed by atoms with Crippen molar-refractivity contribution in [3.05, 3.63) is 72.9 Å². The molecule has 4 unspecified atom stereocenters. The summed E-state index contributed by atoms with van der Waals surface area (Å²) < 4.78 is 131. The highest BCUT2D eigenvalue weighted by molar-refractivity contribution is 7.81. The number of phosphoric acid groups is 3. The molecular weight excluding hydrogens is 1590 g/mol. The number of allylic oxidation sites excluding steroid dienone is 2. The third-order valence-electron chi connectivity index (χ3n) is 11.8. The molecule has 0 amide bonds. The van der Waals surface area contributed by atoms with Gasteiger partial charge in [-0.1, -0.05) is 72.1 Å². The zero-order valence-electron chi connectivity index (χ0n) is 67.8. The number of halogens is 1. The fraction of sp³-hybridized carbons (Fsp3) is 0.725. The molecule has 0 spiro atoms. The highest BCUT2D eigenvalue weighted by atomic mass is 35.7. The van der Waals surface area contributed by atoms with Crippen molar-refractivity contribution < 1.29 is 169 Å². The molecule has 4 atom stereocenters. The number of aliphatic hydroxyl groups excluding tert-OH is 2. The summed E-state index contributed by atoms with van der Waals surface area (Å²) >= 11 is 5.08. The van der Waals surface area contributed by atoms with Gasteiger partial charge in [-0.15, -0.1) is 0 Å². The summed E-state index contributed by atoms with van der Waals surface area (Å²) in [6, 6.07) is 0. The van der Waals surface area contributed by atoms with Crippen LogP contribution in [0.25, 0.3) is 0 Å². The number of nitrogens with one attached hydrogen (secondary N) is 1. The standard InChI is InChI=1S/C10H22NO6P.C10H20NO6P.C10H16O4.C9H14O4.C7H11O6P.C6H15N.C5H8O3.C5H8O.C2H4ClO3P.C2H7N.CH4O.2CH4/c2*1-11(2,3)7-9-17-18(13,14)16-8-5-6-10(12)15-4;1-12-9(11)5-4-8-14-10-6-2-3-7-13-10;10-8(11)4-3-7-13-9-5-1-2-6-12-9;1-10-7(8)3-2-4-11-14(9)12-5-6-13-14;1-4-7(5-2)6-3;1-8-5(7)3-2-4-6;1-3-4-5(2)6;3-7(4)5-1-2-6-7;1-3-2;1-2;;/h5-9H2,1-4H3;5-6H,7-9H2,1-4H3;4-5,10H,2-3,6-8H2,1H3;3-4,9H,1-2,5-7H2,(H,10,11);2-3H,4-6H2,1H3;4-6H2,1-3H3;2-3,6H,4H2,1H3;3-4H,1-2H3;1-2H2;3H,1-2H3;2H,1H3;2*1H4/p+2/b;6-5+;5-4+;4-3+;3-2+;;3-2+;4-3+;;;;;. The van der Waals surface area contributed by atoms with E-state index in [1.807, 2.05) is 63.3 Å². The van der Waals surface area contributed by atoms with Gasteiger partial charge in [0, 0.05) is 68.4 Å². The molecule has 38 nitrogen and oxygen atoms in total. The zero-order chi connectivity index (χ0) is 85.8. The first-order valence-corrected chi connectivity index (χ1v) is 41.4. The number of carbonyl (C=O) groups excluding carboxylic acids is 6. The summed E-state index contributed by atoms with van der Waals surface area (Å²) in [6.45, 7) is 14.9. The van der Waals surface area contributed by atoms with E-state index in [4.69, 9.17) is 72.7 Å². The first-order valence-electron chi connectivity index (χ1n) is 34.5. The molecule has 0 saturated carbocycles. The van der Waals surface area contributed by atoms with Gasteiger partial charge >= 0.3 is 66.2 Å².